The zero-order chi connectivity index (χ0) is 26.8. The van der Waals surface area contributed by atoms with Crippen molar-refractivity contribution in [2.24, 2.45) is 11.8 Å². The Morgan fingerprint density at radius 2 is 0.917 bits per heavy atom. The SMILES string of the molecule is CC(C)C(=O)N[C@@H](CC(C(=O)O)=C(C[C@H](NC(=O)C(C)C)c1ccccc1)C(=O)O)c1ccccc1. The summed E-state index contributed by atoms with van der Waals surface area (Å²) in [6.45, 7) is 6.87. The molecule has 0 heterocycles. The largest absolute Gasteiger partial charge is 0.478 e. The number of aliphatic carboxylic acids is 2. The molecule has 2 amide bonds. The summed E-state index contributed by atoms with van der Waals surface area (Å²) in [6, 6.07) is 16.1. The Morgan fingerprint density at radius 3 is 1.17 bits per heavy atom. The van der Waals surface area contributed by atoms with Crippen LogP contribution in [0.4, 0.5) is 0 Å². The third-order valence-electron chi connectivity index (χ3n) is 5.78. The lowest BCUT2D eigenvalue weighted by atomic mass is 9.90. The molecule has 0 fully saturated rings. The summed E-state index contributed by atoms with van der Waals surface area (Å²) >= 11 is 0. The topological polar surface area (TPSA) is 133 Å². The normalized spacial score (nSPS) is 13.5. The number of hydrogen-bond acceptors (Lipinski definition) is 4. The first kappa shape index (κ1) is 28.3. The van der Waals surface area contributed by atoms with Crippen LogP contribution in [0.2, 0.25) is 0 Å². The van der Waals surface area contributed by atoms with Crippen LogP contribution >= 0.6 is 0 Å². The number of carbonyl (C=O) groups excluding carboxylic acids is 2. The lowest BCUT2D eigenvalue weighted by molar-refractivity contribution is -0.136. The van der Waals surface area contributed by atoms with Crippen LogP contribution in [0.5, 0.6) is 0 Å². The summed E-state index contributed by atoms with van der Waals surface area (Å²) in [6.07, 6.45) is -0.474. The highest BCUT2D eigenvalue weighted by atomic mass is 16.4. The first-order valence-electron chi connectivity index (χ1n) is 11.9. The third kappa shape index (κ3) is 8.08. The number of nitrogens with one attached hydrogen (secondary N) is 2. The smallest absolute Gasteiger partial charge is 0.332 e. The lowest BCUT2D eigenvalue weighted by Crippen LogP contribution is -2.34. The molecule has 2 rings (SSSR count). The summed E-state index contributed by atoms with van der Waals surface area (Å²) in [5.74, 6) is -4.04. The molecule has 0 saturated heterocycles. The molecule has 0 aromatic heterocycles. The number of carboxylic acid groups (broad SMARTS) is 2. The Bertz CT molecular complexity index is 1010. The van der Waals surface area contributed by atoms with Crippen molar-refractivity contribution in [1.82, 2.24) is 10.6 Å². The Balaban J connectivity index is 2.54. The van der Waals surface area contributed by atoms with Crippen LogP contribution in [-0.4, -0.2) is 34.0 Å². The van der Waals surface area contributed by atoms with Crippen molar-refractivity contribution in [2.45, 2.75) is 52.6 Å². The van der Waals surface area contributed by atoms with E-state index < -0.39 is 24.0 Å². The monoisotopic (exact) mass is 494 g/mol. The molecule has 0 saturated carbocycles. The Morgan fingerprint density at radius 1 is 0.611 bits per heavy atom. The van der Waals surface area contributed by atoms with Gasteiger partial charge in [-0.25, -0.2) is 9.59 Å². The quantitative estimate of drug-likeness (QED) is 0.326. The van der Waals surface area contributed by atoms with Crippen molar-refractivity contribution in [3.63, 3.8) is 0 Å². The second-order valence-electron chi connectivity index (χ2n) is 9.23. The highest BCUT2D eigenvalue weighted by Crippen LogP contribution is 2.29. The Kier molecular flexibility index (Phi) is 10.4. The van der Waals surface area contributed by atoms with Gasteiger partial charge in [0.05, 0.1) is 12.1 Å². The van der Waals surface area contributed by atoms with Gasteiger partial charge in [0.1, 0.15) is 0 Å². The van der Waals surface area contributed by atoms with Gasteiger partial charge in [0.25, 0.3) is 0 Å². The van der Waals surface area contributed by atoms with Crippen LogP contribution in [-0.2, 0) is 19.2 Å². The van der Waals surface area contributed by atoms with Crippen molar-refractivity contribution in [2.75, 3.05) is 0 Å². The van der Waals surface area contributed by atoms with Crippen molar-refractivity contribution in [3.8, 4) is 0 Å². The zero-order valence-electron chi connectivity index (χ0n) is 21.0. The van der Waals surface area contributed by atoms with Crippen molar-refractivity contribution in [3.05, 3.63) is 82.9 Å². The summed E-state index contributed by atoms with van der Waals surface area (Å²) in [5, 5.41) is 25.8. The highest BCUT2D eigenvalue weighted by Gasteiger charge is 2.29. The first-order valence-corrected chi connectivity index (χ1v) is 11.9. The molecule has 0 aliphatic rings. The van der Waals surface area contributed by atoms with E-state index in [0.717, 1.165) is 0 Å². The van der Waals surface area contributed by atoms with E-state index in [1.165, 1.54) is 0 Å². The second kappa shape index (κ2) is 13.2. The zero-order valence-corrected chi connectivity index (χ0v) is 21.0. The van der Waals surface area contributed by atoms with Gasteiger partial charge in [-0.15, -0.1) is 0 Å². The summed E-state index contributed by atoms with van der Waals surface area (Å²) in [5.41, 5.74) is 0.644. The fourth-order valence-electron chi connectivity index (χ4n) is 3.64. The van der Waals surface area contributed by atoms with Crippen LogP contribution < -0.4 is 10.6 Å². The molecule has 36 heavy (non-hydrogen) atoms. The van der Waals surface area contributed by atoms with Gasteiger partial charge in [-0.05, 0) is 11.1 Å². The Labute approximate surface area is 211 Å². The van der Waals surface area contributed by atoms with Crippen molar-refractivity contribution < 1.29 is 29.4 Å². The summed E-state index contributed by atoms with van der Waals surface area (Å²) in [7, 11) is 0. The number of rotatable bonds is 12. The van der Waals surface area contributed by atoms with Crippen molar-refractivity contribution >= 4 is 23.8 Å². The lowest BCUT2D eigenvalue weighted by Gasteiger charge is -2.24. The van der Waals surface area contributed by atoms with Gasteiger partial charge in [0, 0.05) is 35.8 Å². The van der Waals surface area contributed by atoms with Crippen LogP contribution in [0.25, 0.3) is 0 Å². The number of amides is 2. The fraction of sp³-hybridized carbons (Fsp3) is 0.357. The van der Waals surface area contributed by atoms with E-state index in [1.54, 1.807) is 88.4 Å². The van der Waals surface area contributed by atoms with Crippen LogP contribution in [0, 0.1) is 11.8 Å². The maximum absolute atomic E-state index is 12.5. The molecule has 2 atom stereocenters. The minimum atomic E-state index is -1.39. The minimum absolute atomic E-state index is 0.237. The predicted molar refractivity (Wildman–Crippen MR) is 136 cm³/mol. The second-order valence-corrected chi connectivity index (χ2v) is 9.23. The van der Waals surface area contributed by atoms with Gasteiger partial charge in [-0.1, -0.05) is 88.4 Å². The van der Waals surface area contributed by atoms with Crippen molar-refractivity contribution in [1.29, 1.82) is 0 Å². The molecule has 0 radical (unpaired) electrons. The molecule has 0 spiro atoms. The fourth-order valence-corrected chi connectivity index (χ4v) is 3.64. The molecular weight excluding hydrogens is 460 g/mol. The molecule has 0 aliphatic carbocycles. The molecular formula is C28H34N2O6. The van der Waals surface area contributed by atoms with E-state index in [2.05, 4.69) is 10.6 Å². The minimum Gasteiger partial charge on any atom is -0.478 e. The maximum Gasteiger partial charge on any atom is 0.332 e. The van der Waals surface area contributed by atoms with E-state index in [0.29, 0.717) is 11.1 Å². The average molecular weight is 495 g/mol. The van der Waals surface area contributed by atoms with E-state index in [9.17, 15) is 29.4 Å². The van der Waals surface area contributed by atoms with Gasteiger partial charge in [-0.3, -0.25) is 9.59 Å². The van der Waals surface area contributed by atoms with E-state index >= 15 is 0 Å². The molecule has 0 unspecified atom stereocenters. The van der Waals surface area contributed by atoms with Crippen LogP contribution in [0.3, 0.4) is 0 Å². The molecule has 0 bridgehead atoms. The summed E-state index contributed by atoms with van der Waals surface area (Å²) in [4.78, 5) is 49.7. The van der Waals surface area contributed by atoms with E-state index in [4.69, 9.17) is 0 Å². The molecule has 4 N–H and O–H groups in total. The molecule has 2 aromatic carbocycles. The van der Waals surface area contributed by atoms with Crippen LogP contribution in [0.1, 0.15) is 63.7 Å². The molecule has 0 aliphatic heterocycles. The molecule has 192 valence electrons. The number of carboxylic acids is 2. The Hall–Kier alpha value is -3.94. The van der Waals surface area contributed by atoms with Gasteiger partial charge >= 0.3 is 11.9 Å². The van der Waals surface area contributed by atoms with Gasteiger partial charge in [-0.2, -0.15) is 0 Å². The standard InChI is InChI=1S/C28H34N2O6/c1-17(2)25(31)29-23(19-11-7-5-8-12-19)15-21(27(33)34)22(28(35)36)16-24(30-26(32)18(3)4)20-13-9-6-10-14-20/h5-14,17-18,23-24H,15-16H2,1-4H3,(H,29,31)(H,30,32)(H,33,34)(H,35,36)/t23-,24-/m0/s1. The molecule has 2 aromatic rings. The molecule has 8 heteroatoms. The number of hydrogen-bond donors (Lipinski definition) is 4. The summed E-state index contributed by atoms with van der Waals surface area (Å²) < 4.78 is 0. The van der Waals surface area contributed by atoms with Gasteiger partial charge < -0.3 is 20.8 Å². The number of carbonyl (C=O) groups is 4. The third-order valence-corrected chi connectivity index (χ3v) is 5.78. The van der Waals surface area contributed by atoms with Gasteiger partial charge in [0.15, 0.2) is 0 Å². The van der Waals surface area contributed by atoms with Gasteiger partial charge in [0.2, 0.25) is 11.8 Å². The number of benzene rings is 2. The average Bonchev–Trinajstić information content (AvgIpc) is 2.84. The van der Waals surface area contributed by atoms with Crippen LogP contribution in [0.15, 0.2) is 71.8 Å². The maximum atomic E-state index is 12.5. The highest BCUT2D eigenvalue weighted by molar-refractivity contribution is 5.99. The van der Waals surface area contributed by atoms with E-state index in [-0.39, 0.29) is 47.6 Å². The molecule has 8 nitrogen and oxygen atoms in total. The predicted octanol–water partition coefficient (Wildman–Crippen LogP) is 4.26. The first-order chi connectivity index (χ1) is 17.0. The van der Waals surface area contributed by atoms with E-state index in [1.807, 2.05) is 0 Å².